The summed E-state index contributed by atoms with van der Waals surface area (Å²) in [4.78, 5) is 50.4. The third-order valence-corrected chi connectivity index (χ3v) is 7.24. The Bertz CT molecular complexity index is 1590. The second kappa shape index (κ2) is 14.7. The van der Waals surface area contributed by atoms with Crippen molar-refractivity contribution in [2.24, 2.45) is 5.92 Å². The highest BCUT2D eigenvalue weighted by Crippen LogP contribution is 2.23. The monoisotopic (exact) mass is 612 g/mol. The quantitative estimate of drug-likeness (QED) is 0.188. The molecule has 0 aliphatic carbocycles. The Morgan fingerprint density at radius 2 is 1.60 bits per heavy atom. The minimum absolute atomic E-state index is 0.0457. The molecule has 0 aliphatic rings. The van der Waals surface area contributed by atoms with E-state index in [0.29, 0.717) is 34.6 Å². The number of hydrogen-bond donors (Lipinski definition) is 3. The SMILES string of the molecule is CC(C)CCc1noc(-c2cnc(-c3ccc(C[C@H](NC(=O)c4ccc(C(C)(C)C)cc4)C(=O)NCCC(=O)O)cc3)nc2)n1. The first kappa shape index (κ1) is 33.0. The molecule has 2 aromatic carbocycles. The molecule has 11 heteroatoms. The van der Waals surface area contributed by atoms with E-state index in [1.165, 1.54) is 0 Å². The first-order chi connectivity index (χ1) is 21.4. The molecule has 236 valence electrons. The van der Waals surface area contributed by atoms with Gasteiger partial charge in [-0.15, -0.1) is 0 Å². The molecule has 0 saturated carbocycles. The molecule has 45 heavy (non-hydrogen) atoms. The van der Waals surface area contributed by atoms with Crippen molar-refractivity contribution in [3.8, 4) is 22.8 Å². The molecular formula is C34H40N6O5. The van der Waals surface area contributed by atoms with E-state index in [-0.39, 0.29) is 24.8 Å². The zero-order valence-electron chi connectivity index (χ0n) is 26.3. The normalized spacial score (nSPS) is 12.1. The van der Waals surface area contributed by atoms with Gasteiger partial charge >= 0.3 is 5.97 Å². The predicted octanol–water partition coefficient (Wildman–Crippen LogP) is 5.01. The third kappa shape index (κ3) is 9.53. The molecule has 0 saturated heterocycles. The number of benzene rings is 2. The number of carbonyl (C=O) groups is 3. The van der Waals surface area contributed by atoms with Gasteiger partial charge in [-0.05, 0) is 41.0 Å². The summed E-state index contributed by atoms with van der Waals surface area (Å²) < 4.78 is 5.38. The van der Waals surface area contributed by atoms with Gasteiger partial charge in [0.05, 0.1) is 12.0 Å². The largest absolute Gasteiger partial charge is 0.481 e. The molecule has 2 amide bonds. The summed E-state index contributed by atoms with van der Waals surface area (Å²) in [6.07, 6.45) is 4.96. The van der Waals surface area contributed by atoms with Gasteiger partial charge in [0, 0.05) is 42.9 Å². The lowest BCUT2D eigenvalue weighted by atomic mass is 9.86. The van der Waals surface area contributed by atoms with Gasteiger partial charge in [0.1, 0.15) is 6.04 Å². The topological polar surface area (TPSA) is 160 Å². The summed E-state index contributed by atoms with van der Waals surface area (Å²) in [6, 6.07) is 13.7. The van der Waals surface area contributed by atoms with E-state index in [2.05, 4.69) is 65.4 Å². The number of nitrogens with zero attached hydrogens (tertiary/aromatic N) is 4. The highest BCUT2D eigenvalue weighted by atomic mass is 16.5. The van der Waals surface area contributed by atoms with Crippen molar-refractivity contribution in [2.75, 3.05) is 6.54 Å². The van der Waals surface area contributed by atoms with Crippen molar-refractivity contribution >= 4 is 17.8 Å². The van der Waals surface area contributed by atoms with Crippen LogP contribution in [0.2, 0.25) is 0 Å². The van der Waals surface area contributed by atoms with Crippen LogP contribution >= 0.6 is 0 Å². The maximum absolute atomic E-state index is 13.1. The molecule has 0 spiro atoms. The van der Waals surface area contributed by atoms with E-state index in [1.807, 2.05) is 36.4 Å². The Labute approximate surface area is 262 Å². The summed E-state index contributed by atoms with van der Waals surface area (Å²) in [5, 5.41) is 18.4. The molecule has 0 fully saturated rings. The fourth-order valence-corrected chi connectivity index (χ4v) is 4.49. The van der Waals surface area contributed by atoms with Gasteiger partial charge < -0.3 is 20.3 Å². The first-order valence-electron chi connectivity index (χ1n) is 15.0. The fraction of sp³-hybridized carbons (Fsp3) is 0.382. The standard InChI is InChI=1S/C34H40N6O5/c1-21(2)6-15-28-39-33(45-40-28)25-19-36-30(37-20-25)23-9-7-22(8-10-23)18-27(32(44)35-17-16-29(41)42)38-31(43)24-11-13-26(14-12-24)34(3,4)5/h7-14,19-21,27H,6,15-18H2,1-5H3,(H,35,44)(H,38,43)(H,41,42)/t27-/m0/s1. The zero-order valence-corrected chi connectivity index (χ0v) is 26.3. The van der Waals surface area contributed by atoms with E-state index in [4.69, 9.17) is 9.63 Å². The van der Waals surface area contributed by atoms with E-state index >= 15 is 0 Å². The summed E-state index contributed by atoms with van der Waals surface area (Å²) in [6.45, 7) is 10.5. The van der Waals surface area contributed by atoms with Gasteiger partial charge in [-0.1, -0.05) is 76.2 Å². The average molecular weight is 613 g/mol. The summed E-state index contributed by atoms with van der Waals surface area (Å²) in [5.74, 6) is 0.184. The Balaban J connectivity index is 1.44. The highest BCUT2D eigenvalue weighted by molar-refractivity contribution is 5.97. The van der Waals surface area contributed by atoms with Crippen molar-refractivity contribution in [2.45, 2.75) is 71.8 Å². The number of hydrogen-bond acceptors (Lipinski definition) is 8. The van der Waals surface area contributed by atoms with E-state index in [9.17, 15) is 14.4 Å². The maximum atomic E-state index is 13.1. The van der Waals surface area contributed by atoms with Crippen LogP contribution < -0.4 is 10.6 Å². The van der Waals surface area contributed by atoms with Gasteiger partial charge in [-0.3, -0.25) is 14.4 Å². The van der Waals surface area contributed by atoms with Crippen LogP contribution in [-0.4, -0.2) is 55.6 Å². The number of carboxylic acid groups (broad SMARTS) is 1. The minimum Gasteiger partial charge on any atom is -0.481 e. The van der Waals surface area contributed by atoms with Crippen molar-refractivity contribution in [3.05, 3.63) is 83.4 Å². The lowest BCUT2D eigenvalue weighted by molar-refractivity contribution is -0.137. The molecule has 0 unspecified atom stereocenters. The average Bonchev–Trinajstić information content (AvgIpc) is 3.49. The van der Waals surface area contributed by atoms with Gasteiger partial charge in [0.15, 0.2) is 11.6 Å². The predicted molar refractivity (Wildman–Crippen MR) is 169 cm³/mol. The number of amides is 2. The summed E-state index contributed by atoms with van der Waals surface area (Å²) >= 11 is 0. The number of rotatable bonds is 13. The molecule has 11 nitrogen and oxygen atoms in total. The molecule has 4 rings (SSSR count). The molecule has 4 aromatic rings. The summed E-state index contributed by atoms with van der Waals surface area (Å²) in [5.41, 5.74) is 3.62. The van der Waals surface area contributed by atoms with Gasteiger partial charge in [-0.25, -0.2) is 9.97 Å². The van der Waals surface area contributed by atoms with Crippen molar-refractivity contribution < 1.29 is 24.0 Å². The van der Waals surface area contributed by atoms with Crippen LogP contribution in [0.5, 0.6) is 0 Å². The van der Waals surface area contributed by atoms with E-state index in [0.717, 1.165) is 29.5 Å². The fourth-order valence-electron chi connectivity index (χ4n) is 4.49. The minimum atomic E-state index is -1.02. The van der Waals surface area contributed by atoms with E-state index in [1.54, 1.807) is 24.5 Å². The van der Waals surface area contributed by atoms with Crippen molar-refractivity contribution in [1.29, 1.82) is 0 Å². The third-order valence-electron chi connectivity index (χ3n) is 7.24. The number of carbonyl (C=O) groups excluding carboxylic acids is 2. The van der Waals surface area contributed by atoms with Crippen molar-refractivity contribution in [3.63, 3.8) is 0 Å². The first-order valence-corrected chi connectivity index (χ1v) is 15.0. The van der Waals surface area contributed by atoms with Crippen LogP contribution in [-0.2, 0) is 27.8 Å². The van der Waals surface area contributed by atoms with Gasteiger partial charge in [-0.2, -0.15) is 4.98 Å². The summed E-state index contributed by atoms with van der Waals surface area (Å²) in [7, 11) is 0. The molecule has 3 N–H and O–H groups in total. The van der Waals surface area contributed by atoms with Crippen LogP contribution in [0, 0.1) is 5.92 Å². The number of aliphatic carboxylic acids is 1. The Kier molecular flexibility index (Phi) is 10.8. The Morgan fingerprint density at radius 1 is 0.933 bits per heavy atom. The van der Waals surface area contributed by atoms with Crippen LogP contribution in [0.1, 0.15) is 74.8 Å². The van der Waals surface area contributed by atoms with Crippen LogP contribution in [0.3, 0.4) is 0 Å². The Morgan fingerprint density at radius 3 is 2.20 bits per heavy atom. The number of carboxylic acids is 1. The van der Waals surface area contributed by atoms with E-state index < -0.39 is 23.8 Å². The molecule has 2 heterocycles. The molecule has 0 radical (unpaired) electrons. The second-order valence-corrected chi connectivity index (χ2v) is 12.4. The lowest BCUT2D eigenvalue weighted by Crippen LogP contribution is -2.48. The smallest absolute Gasteiger partial charge is 0.305 e. The molecular weight excluding hydrogens is 572 g/mol. The highest BCUT2D eigenvalue weighted by Gasteiger charge is 2.23. The van der Waals surface area contributed by atoms with Crippen LogP contribution in [0.15, 0.2) is 65.4 Å². The van der Waals surface area contributed by atoms with Crippen molar-refractivity contribution in [1.82, 2.24) is 30.7 Å². The van der Waals surface area contributed by atoms with Crippen LogP contribution in [0.4, 0.5) is 0 Å². The van der Waals surface area contributed by atoms with Gasteiger partial charge in [0.25, 0.3) is 11.8 Å². The lowest BCUT2D eigenvalue weighted by Gasteiger charge is -2.20. The molecule has 2 aromatic heterocycles. The maximum Gasteiger partial charge on any atom is 0.305 e. The second-order valence-electron chi connectivity index (χ2n) is 12.4. The Hall–Kier alpha value is -4.93. The number of aromatic nitrogens is 4. The molecule has 0 bridgehead atoms. The number of nitrogens with one attached hydrogen (secondary N) is 2. The van der Waals surface area contributed by atoms with Gasteiger partial charge in [0.2, 0.25) is 5.91 Å². The number of aryl methyl sites for hydroxylation is 1. The molecule has 0 aliphatic heterocycles. The van der Waals surface area contributed by atoms with Crippen LogP contribution in [0.25, 0.3) is 22.8 Å². The molecule has 1 atom stereocenters. The zero-order chi connectivity index (χ0) is 32.6.